The predicted molar refractivity (Wildman–Crippen MR) is 87.1 cm³/mol. The summed E-state index contributed by atoms with van der Waals surface area (Å²) in [6.07, 6.45) is 0. The molecule has 4 aromatic rings. The second-order valence-corrected chi connectivity index (χ2v) is 5.59. The Kier molecular flexibility index (Phi) is 2.72. The van der Waals surface area contributed by atoms with Crippen LogP contribution in [0.2, 0.25) is 0 Å². The summed E-state index contributed by atoms with van der Waals surface area (Å²) in [7, 11) is 0. The van der Waals surface area contributed by atoms with Crippen molar-refractivity contribution in [3.8, 4) is 22.1 Å². The first-order chi connectivity index (χ1) is 10.3. The molecule has 0 radical (unpaired) electrons. The average molecular weight is 292 g/mol. The van der Waals surface area contributed by atoms with E-state index in [-0.39, 0.29) is 0 Å². The molecular weight excluding hydrogens is 280 g/mol. The molecule has 4 rings (SSSR count). The van der Waals surface area contributed by atoms with Crippen molar-refractivity contribution in [2.24, 2.45) is 0 Å². The fourth-order valence-electron chi connectivity index (χ4n) is 2.28. The third kappa shape index (κ3) is 2.08. The average Bonchev–Trinajstić information content (AvgIpc) is 3.15. The number of aromatic amines is 1. The quantitative estimate of drug-likeness (QED) is 0.550. The van der Waals surface area contributed by atoms with Crippen LogP contribution in [-0.2, 0) is 0 Å². The maximum absolute atomic E-state index is 5.96. The predicted octanol–water partition coefficient (Wildman–Crippen LogP) is 3.94. The number of hydrogen-bond donors (Lipinski definition) is 2. The lowest BCUT2D eigenvalue weighted by Gasteiger charge is -1.94. The largest absolute Gasteiger partial charge is 0.397 e. The number of para-hydroxylation sites is 1. The first-order valence-electron chi connectivity index (χ1n) is 6.57. The molecule has 0 saturated carbocycles. The van der Waals surface area contributed by atoms with Gasteiger partial charge >= 0.3 is 0 Å². The van der Waals surface area contributed by atoms with E-state index < -0.39 is 0 Å². The van der Waals surface area contributed by atoms with Gasteiger partial charge in [0.2, 0.25) is 0 Å². The highest BCUT2D eigenvalue weighted by atomic mass is 32.1. The number of hydrogen-bond acceptors (Lipinski definition) is 4. The van der Waals surface area contributed by atoms with Gasteiger partial charge in [-0.15, -0.1) is 11.3 Å². The van der Waals surface area contributed by atoms with Crippen LogP contribution in [0, 0.1) is 0 Å². The molecule has 0 unspecified atom stereocenters. The Morgan fingerprint density at radius 1 is 0.952 bits per heavy atom. The first-order valence-corrected chi connectivity index (χ1v) is 7.45. The van der Waals surface area contributed by atoms with Gasteiger partial charge < -0.3 is 10.7 Å². The Bertz CT molecular complexity index is 908. The molecule has 0 aliphatic carbocycles. The van der Waals surface area contributed by atoms with E-state index in [9.17, 15) is 0 Å². The number of rotatable bonds is 2. The molecule has 0 aliphatic heterocycles. The summed E-state index contributed by atoms with van der Waals surface area (Å²) in [6.45, 7) is 0. The van der Waals surface area contributed by atoms with E-state index in [0.717, 1.165) is 33.1 Å². The Morgan fingerprint density at radius 2 is 1.81 bits per heavy atom. The molecule has 2 heterocycles. The van der Waals surface area contributed by atoms with E-state index in [4.69, 9.17) is 5.73 Å². The van der Waals surface area contributed by atoms with Gasteiger partial charge in [0.1, 0.15) is 0 Å². The zero-order chi connectivity index (χ0) is 14.2. The molecular formula is C16H12N4S. The van der Waals surface area contributed by atoms with Crippen molar-refractivity contribution in [1.29, 1.82) is 0 Å². The minimum atomic E-state index is 0.700. The van der Waals surface area contributed by atoms with Crippen LogP contribution < -0.4 is 5.73 Å². The molecule has 3 N–H and O–H groups in total. The summed E-state index contributed by atoms with van der Waals surface area (Å²) in [4.78, 5) is 12.5. The van der Waals surface area contributed by atoms with Gasteiger partial charge in [0.15, 0.2) is 10.8 Å². The Morgan fingerprint density at radius 3 is 2.62 bits per heavy atom. The van der Waals surface area contributed by atoms with Crippen LogP contribution in [0.15, 0.2) is 53.9 Å². The van der Waals surface area contributed by atoms with Crippen LogP contribution in [0.5, 0.6) is 0 Å². The number of imidazole rings is 1. The third-order valence-corrected chi connectivity index (χ3v) is 4.18. The third-order valence-electron chi connectivity index (χ3n) is 3.33. The van der Waals surface area contributed by atoms with Gasteiger partial charge in [-0.2, -0.15) is 0 Å². The number of benzene rings is 2. The number of thiazole rings is 1. The Hall–Kier alpha value is -2.66. The summed E-state index contributed by atoms with van der Waals surface area (Å²) in [5.74, 6) is 0.759. The summed E-state index contributed by atoms with van der Waals surface area (Å²) in [5, 5.41) is 2.91. The van der Waals surface area contributed by atoms with E-state index in [1.54, 1.807) is 11.3 Å². The highest BCUT2D eigenvalue weighted by Gasteiger charge is 2.11. The molecule has 2 aromatic heterocycles. The molecule has 0 aliphatic rings. The highest BCUT2D eigenvalue weighted by Crippen LogP contribution is 2.29. The molecule has 0 fully saturated rings. The summed E-state index contributed by atoms with van der Waals surface area (Å²) >= 11 is 1.57. The molecule has 0 amide bonds. The van der Waals surface area contributed by atoms with E-state index in [2.05, 4.69) is 27.1 Å². The topological polar surface area (TPSA) is 67.6 Å². The highest BCUT2D eigenvalue weighted by molar-refractivity contribution is 7.13. The smallest absolute Gasteiger partial charge is 0.167 e. The van der Waals surface area contributed by atoms with E-state index >= 15 is 0 Å². The molecule has 0 bridgehead atoms. The summed E-state index contributed by atoms with van der Waals surface area (Å²) < 4.78 is 0. The maximum Gasteiger partial charge on any atom is 0.167 e. The van der Waals surface area contributed by atoms with Gasteiger partial charge in [-0.05, 0) is 12.1 Å². The van der Waals surface area contributed by atoms with Crippen molar-refractivity contribution < 1.29 is 0 Å². The Labute approximate surface area is 125 Å². The number of anilines is 1. The number of nitrogens with two attached hydrogens (primary N) is 1. The van der Waals surface area contributed by atoms with Crippen molar-refractivity contribution >= 4 is 28.1 Å². The molecule has 5 heteroatoms. The molecule has 0 atom stereocenters. The lowest BCUT2D eigenvalue weighted by atomic mass is 10.2. The summed E-state index contributed by atoms with van der Waals surface area (Å²) in [5.41, 5.74) is 10.5. The lowest BCUT2D eigenvalue weighted by Crippen LogP contribution is -1.85. The van der Waals surface area contributed by atoms with Gasteiger partial charge in [-0.3, -0.25) is 0 Å². The van der Waals surface area contributed by atoms with Crippen LogP contribution in [0.4, 0.5) is 5.69 Å². The maximum atomic E-state index is 5.96. The van der Waals surface area contributed by atoms with Crippen molar-refractivity contribution in [1.82, 2.24) is 15.0 Å². The molecule has 102 valence electrons. The van der Waals surface area contributed by atoms with Crippen LogP contribution in [0.25, 0.3) is 33.1 Å². The second kappa shape index (κ2) is 4.71. The fourth-order valence-corrected chi connectivity index (χ4v) is 3.05. The lowest BCUT2D eigenvalue weighted by molar-refractivity contribution is 1.29. The molecule has 2 aromatic carbocycles. The Balaban J connectivity index is 1.79. The SMILES string of the molecule is Nc1cccc2nc(-c3nc(-c4ccccc4)cs3)[nH]c12. The number of aromatic nitrogens is 3. The van der Waals surface area contributed by atoms with Crippen molar-refractivity contribution in [3.05, 3.63) is 53.9 Å². The number of nitrogens with zero attached hydrogens (tertiary/aromatic N) is 2. The van der Waals surface area contributed by atoms with Crippen LogP contribution in [0.1, 0.15) is 0 Å². The van der Waals surface area contributed by atoms with E-state index in [0.29, 0.717) is 5.69 Å². The van der Waals surface area contributed by atoms with Gasteiger partial charge in [0.25, 0.3) is 0 Å². The standard InChI is InChI=1S/C16H12N4S/c17-11-7-4-8-12-14(11)20-15(18-12)16-19-13(9-21-16)10-5-2-1-3-6-10/h1-9H,17H2,(H,18,20). The van der Waals surface area contributed by atoms with Crippen molar-refractivity contribution in [3.63, 3.8) is 0 Å². The van der Waals surface area contributed by atoms with Gasteiger partial charge in [0.05, 0.1) is 22.4 Å². The fraction of sp³-hybridized carbons (Fsp3) is 0. The number of nitrogen functional groups attached to an aromatic ring is 1. The molecule has 4 nitrogen and oxygen atoms in total. The minimum Gasteiger partial charge on any atom is -0.397 e. The first kappa shape index (κ1) is 12.1. The van der Waals surface area contributed by atoms with E-state index in [1.165, 1.54) is 0 Å². The zero-order valence-electron chi connectivity index (χ0n) is 11.1. The van der Waals surface area contributed by atoms with Crippen molar-refractivity contribution in [2.45, 2.75) is 0 Å². The number of nitrogens with one attached hydrogen (secondary N) is 1. The van der Waals surface area contributed by atoms with Crippen LogP contribution in [0.3, 0.4) is 0 Å². The van der Waals surface area contributed by atoms with Gasteiger partial charge in [-0.1, -0.05) is 36.4 Å². The molecule has 0 saturated heterocycles. The van der Waals surface area contributed by atoms with Crippen molar-refractivity contribution in [2.75, 3.05) is 5.73 Å². The molecule has 21 heavy (non-hydrogen) atoms. The zero-order valence-corrected chi connectivity index (χ0v) is 11.9. The number of fused-ring (bicyclic) bond motifs is 1. The van der Waals surface area contributed by atoms with Crippen LogP contribution >= 0.6 is 11.3 Å². The summed E-state index contributed by atoms with van der Waals surface area (Å²) in [6, 6.07) is 15.8. The molecule has 0 spiro atoms. The van der Waals surface area contributed by atoms with E-state index in [1.807, 2.05) is 41.8 Å². The van der Waals surface area contributed by atoms with Crippen LogP contribution in [-0.4, -0.2) is 15.0 Å². The minimum absolute atomic E-state index is 0.700. The van der Waals surface area contributed by atoms with Gasteiger partial charge in [-0.25, -0.2) is 9.97 Å². The normalized spacial score (nSPS) is 11.0. The monoisotopic (exact) mass is 292 g/mol. The number of H-pyrrole nitrogens is 1. The second-order valence-electron chi connectivity index (χ2n) is 4.73. The van der Waals surface area contributed by atoms with Gasteiger partial charge in [0, 0.05) is 10.9 Å².